The van der Waals surface area contributed by atoms with E-state index in [2.05, 4.69) is 103 Å². The largest absolute Gasteiger partial charge is 0.459 e. The van der Waals surface area contributed by atoms with Crippen LogP contribution in [0.1, 0.15) is 162 Å². The van der Waals surface area contributed by atoms with Gasteiger partial charge in [-0.05, 0) is 73.0 Å². The van der Waals surface area contributed by atoms with E-state index in [4.69, 9.17) is 28.1 Å². The van der Waals surface area contributed by atoms with E-state index in [1.165, 1.54) is 19.6 Å². The Labute approximate surface area is 678 Å². The maximum Gasteiger partial charge on any atom is 0.396 e. The number of carbonyl (C=O) groups excluding carboxylic acids is 8. The average Bonchev–Trinajstić information content (AvgIpc) is 1.60. The number of nitrogens with zero attached hydrogens (tertiary/aromatic N) is 20. The number of esters is 1. The Morgan fingerprint density at radius 2 is 0.731 bits per heavy atom. The molecular weight excluding hydrogens is 1530 g/mol. The zero-order valence-corrected chi connectivity index (χ0v) is 64.7. The maximum atomic E-state index is 12.9. The molecular formula is C82H77N24O13+. The van der Waals surface area contributed by atoms with Crippen molar-refractivity contribution in [2.75, 3.05) is 54.4 Å². The van der Waals surface area contributed by atoms with Gasteiger partial charge in [-0.1, -0.05) is 91.0 Å². The van der Waals surface area contributed by atoms with Crippen molar-refractivity contribution >= 4 is 70.6 Å². The average molecular weight is 1610 g/mol. The highest BCUT2D eigenvalue weighted by Crippen LogP contribution is 2.56. The number of ether oxygens (including phenoxy) is 1. The number of hydrogen-bond acceptors (Lipinski definition) is 30. The van der Waals surface area contributed by atoms with Crippen LogP contribution < -0.4 is 41.3 Å². The minimum absolute atomic E-state index is 0.0152. The second-order valence-electron chi connectivity index (χ2n) is 29.3. The van der Waals surface area contributed by atoms with Crippen LogP contribution in [0, 0.1) is 29.7 Å². The second kappa shape index (κ2) is 34.1. The molecule has 3 aromatic carbocycles. The molecule has 602 valence electrons. The Hall–Kier alpha value is -14.6. The summed E-state index contributed by atoms with van der Waals surface area (Å²) in [6.07, 6.45) is 28.2. The zero-order chi connectivity index (χ0) is 82.5. The lowest BCUT2D eigenvalue weighted by Gasteiger charge is -2.21. The highest BCUT2D eigenvalue weighted by molar-refractivity contribution is 6.04. The van der Waals surface area contributed by atoms with Gasteiger partial charge in [0.25, 0.3) is 17.7 Å². The molecule has 2 unspecified atom stereocenters. The molecule has 5 N–H and O–H groups in total. The van der Waals surface area contributed by atoms with Gasteiger partial charge in [0.2, 0.25) is 29.5 Å². The third kappa shape index (κ3) is 17.2. The van der Waals surface area contributed by atoms with E-state index in [0.717, 1.165) is 70.7 Å². The van der Waals surface area contributed by atoms with E-state index in [1.807, 2.05) is 103 Å². The number of nitrogens with two attached hydrogens (primary N) is 1. The van der Waals surface area contributed by atoms with E-state index in [1.54, 1.807) is 96.8 Å². The fourth-order valence-electron chi connectivity index (χ4n) is 15.1. The second-order valence-corrected chi connectivity index (χ2v) is 29.3. The lowest BCUT2D eigenvalue weighted by molar-refractivity contribution is -0.121. The van der Waals surface area contributed by atoms with Gasteiger partial charge in [0.1, 0.15) is 30.3 Å². The molecule has 0 bridgehead atoms. The fraction of sp³-hybridized carbons (Fsp3) is 0.317. The molecule has 0 radical (unpaired) electrons. The predicted octanol–water partition coefficient (Wildman–Crippen LogP) is 5.51. The SMILES string of the molecule is CCOC(=O)c1nnc(Cc2ccccc2)o1.CN1C(=O)[C@@H](N)C2C[C@H]2c2nccnc21.CN1C(=O)[C@@H](NC(=O)c2nnc(CC3=CC=[C+]C=C3)o2)[C@H]2C[C@H]2c2nccnc21.CN1C(=O)[C@@H](NC(=O)c2nnc(Cc3ccccc3)o2)C2C[C@H]2c2nccnc21.CN1C(=O)[C@H](NC(=O)c2nnc(Cc3ccccc3)o2)[C@@H]2C[C@@H]2c2nccnc21. The fourth-order valence-corrected chi connectivity index (χ4v) is 15.1. The van der Waals surface area contributed by atoms with Gasteiger partial charge in [-0.25, -0.2) is 24.7 Å². The first kappa shape index (κ1) is 78.3. The molecule has 11 aromatic rings. The number of anilines is 4. The number of amides is 7. The summed E-state index contributed by atoms with van der Waals surface area (Å²) in [6.45, 7) is 2.01. The number of hydrogen-bond donors (Lipinski definition) is 4. The summed E-state index contributed by atoms with van der Waals surface area (Å²) < 4.78 is 26.5. The molecule has 20 rings (SSSR count). The van der Waals surface area contributed by atoms with Crippen LogP contribution in [-0.2, 0) is 49.6 Å². The van der Waals surface area contributed by atoms with E-state index in [9.17, 15) is 38.4 Å². The van der Waals surface area contributed by atoms with Crippen molar-refractivity contribution in [1.29, 1.82) is 0 Å². The van der Waals surface area contributed by atoms with Gasteiger partial charge in [0.05, 0.1) is 78.8 Å². The number of fused-ring (bicyclic) bond motifs is 12. The number of aromatic nitrogens is 16. The molecule has 4 saturated carbocycles. The molecule has 0 spiro atoms. The molecule has 12 heterocycles. The molecule has 4 fully saturated rings. The molecule has 4 aliphatic heterocycles. The van der Waals surface area contributed by atoms with Crippen LogP contribution >= 0.6 is 0 Å². The first-order valence-electron chi connectivity index (χ1n) is 38.4. The minimum Gasteiger partial charge on any atom is -0.459 e. The molecule has 119 heavy (non-hydrogen) atoms. The Morgan fingerprint density at radius 3 is 1.08 bits per heavy atom. The lowest BCUT2D eigenvalue weighted by atomic mass is 10.1. The van der Waals surface area contributed by atoms with Gasteiger partial charge in [-0.15, -0.1) is 40.8 Å². The van der Waals surface area contributed by atoms with Crippen molar-refractivity contribution in [3.05, 3.63) is 263 Å². The molecule has 5 aliphatic carbocycles. The topological polar surface area (TPSA) is 480 Å². The summed E-state index contributed by atoms with van der Waals surface area (Å²) in [5, 5.41) is 39.1. The van der Waals surface area contributed by atoms with Crippen molar-refractivity contribution in [2.45, 2.75) is 106 Å². The number of allylic oxidation sites excluding steroid dienone is 6. The summed E-state index contributed by atoms with van der Waals surface area (Å²) in [7, 11) is 6.64. The Morgan fingerprint density at radius 1 is 0.420 bits per heavy atom. The quantitative estimate of drug-likeness (QED) is 0.0683. The normalized spacial score (nSPS) is 22.5. The predicted molar refractivity (Wildman–Crippen MR) is 417 cm³/mol. The van der Waals surface area contributed by atoms with Gasteiger partial charge < -0.3 is 44.1 Å². The van der Waals surface area contributed by atoms with Crippen LogP contribution in [0.2, 0.25) is 0 Å². The van der Waals surface area contributed by atoms with Gasteiger partial charge in [-0.3, -0.25) is 73.1 Å². The molecule has 9 aliphatic rings. The van der Waals surface area contributed by atoms with Crippen molar-refractivity contribution < 1.29 is 60.8 Å². The summed E-state index contributed by atoms with van der Waals surface area (Å²) in [4.78, 5) is 140. The summed E-state index contributed by atoms with van der Waals surface area (Å²) in [6, 6.07) is 26.5. The van der Waals surface area contributed by atoms with Gasteiger partial charge in [0, 0.05) is 108 Å². The minimum atomic E-state index is -0.687. The van der Waals surface area contributed by atoms with Crippen LogP contribution in [0.15, 0.2) is 188 Å². The van der Waals surface area contributed by atoms with Crippen LogP contribution in [0.3, 0.4) is 0 Å². The monoisotopic (exact) mass is 1610 g/mol. The lowest BCUT2D eigenvalue weighted by Crippen LogP contribution is -2.48. The zero-order valence-electron chi connectivity index (χ0n) is 64.7. The van der Waals surface area contributed by atoms with Gasteiger partial charge in [-0.2, -0.15) is 0 Å². The summed E-state index contributed by atoms with van der Waals surface area (Å²) in [5.41, 5.74) is 13.2. The first-order chi connectivity index (χ1) is 57.8. The van der Waals surface area contributed by atoms with E-state index >= 15 is 0 Å². The number of nitrogens with one attached hydrogen (secondary N) is 3. The highest BCUT2D eigenvalue weighted by atomic mass is 16.5. The van der Waals surface area contributed by atoms with Crippen LogP contribution in [0.5, 0.6) is 0 Å². The van der Waals surface area contributed by atoms with Crippen molar-refractivity contribution in [1.82, 2.24) is 96.6 Å². The summed E-state index contributed by atoms with van der Waals surface area (Å²) >= 11 is 0. The van der Waals surface area contributed by atoms with Crippen molar-refractivity contribution in [2.24, 2.45) is 29.4 Å². The Balaban J connectivity index is 0.000000114. The van der Waals surface area contributed by atoms with Crippen molar-refractivity contribution in [3.63, 3.8) is 0 Å². The van der Waals surface area contributed by atoms with E-state index < -0.39 is 47.9 Å². The Kier molecular flexibility index (Phi) is 22.4. The van der Waals surface area contributed by atoms with E-state index in [-0.39, 0.29) is 95.2 Å². The third-order valence-electron chi connectivity index (χ3n) is 21.5. The number of rotatable bonds is 16. The Bertz CT molecular complexity index is 5570. The first-order valence-corrected chi connectivity index (χ1v) is 38.4. The number of likely N-dealkylation sites (N-methyl/N-ethyl adjacent to an activating group) is 4. The highest BCUT2D eigenvalue weighted by Gasteiger charge is 2.57. The smallest absolute Gasteiger partial charge is 0.396 e. The number of carbonyl (C=O) groups is 8. The molecule has 12 atom stereocenters. The van der Waals surface area contributed by atoms with Gasteiger partial charge >= 0.3 is 47.3 Å². The molecule has 8 aromatic heterocycles. The van der Waals surface area contributed by atoms with Gasteiger partial charge in [0.15, 0.2) is 23.3 Å². The summed E-state index contributed by atoms with van der Waals surface area (Å²) in [5.74, 6) is 1.03. The standard InChI is InChI=1S/2C20H18N6O3.C20H16N6O3.C12H12N2O3.C10H12N4O/c3*1-26-17-15(21-7-8-22-17)12-10-13(12)16(20(26)28)23-18(27)19-25-24-14(29-19)9-11-5-3-2-4-6-11;1-2-16-12(15)11-14-13-10(17-11)8-9-6-4-3-5-7-9;1-14-9-8(12-2-3-13-9)6-4-5(6)7(11)10(14)15/h2*2-8,12-13,16H,9-10H2,1H3,(H,23,27);3-8,12-13,16H,9-10H2,1H3;3-7H,2,8H2,1H3;2-3,5-7H,4,11H2,1H3/p+1/t12-,13?,16+;2*12-,13+,16+;;5?,6-,7+/m101.1/s1. The van der Waals surface area contributed by atoms with Crippen LogP contribution in [-0.4, -0.2) is 187 Å². The maximum absolute atomic E-state index is 12.9. The molecule has 37 heteroatoms. The molecule has 37 nitrogen and oxygen atoms in total. The molecule has 7 amide bonds. The van der Waals surface area contributed by atoms with Crippen molar-refractivity contribution in [3.8, 4) is 0 Å². The van der Waals surface area contributed by atoms with Crippen LogP contribution in [0.25, 0.3) is 0 Å². The third-order valence-corrected chi connectivity index (χ3v) is 21.5. The van der Waals surface area contributed by atoms with E-state index in [0.29, 0.717) is 78.4 Å². The van der Waals surface area contributed by atoms with Crippen LogP contribution in [0.4, 0.5) is 23.3 Å². The molecule has 0 saturated heterocycles. The number of benzene rings is 3.